The highest BCUT2D eigenvalue weighted by Crippen LogP contribution is 2.21. The van der Waals surface area contributed by atoms with Gasteiger partial charge in [0, 0.05) is 12.7 Å². The molecule has 0 radical (unpaired) electrons. The van der Waals surface area contributed by atoms with E-state index in [0.29, 0.717) is 5.56 Å². The number of pyridine rings is 1. The molecule has 0 aliphatic carbocycles. The molecule has 0 saturated heterocycles. The number of benzene rings is 1. The van der Waals surface area contributed by atoms with Crippen molar-refractivity contribution in [3.63, 3.8) is 0 Å². The summed E-state index contributed by atoms with van der Waals surface area (Å²) in [7, 11) is 0. The van der Waals surface area contributed by atoms with Crippen molar-refractivity contribution in [2.75, 3.05) is 0 Å². The van der Waals surface area contributed by atoms with E-state index in [1.807, 2.05) is 0 Å². The first-order valence-electron chi connectivity index (χ1n) is 5.96. The molecule has 7 heteroatoms. The van der Waals surface area contributed by atoms with E-state index in [1.54, 1.807) is 0 Å². The summed E-state index contributed by atoms with van der Waals surface area (Å²) in [6.07, 6.45) is 1.34. The molecule has 108 valence electrons. The molecule has 0 saturated carbocycles. The minimum Gasteiger partial charge on any atom is -0.508 e. The zero-order valence-corrected chi connectivity index (χ0v) is 10.8. The number of carboxylic acid groups (broad SMARTS) is 1. The summed E-state index contributed by atoms with van der Waals surface area (Å²) in [5.41, 5.74) is 0.466. The number of aromatic hydroxyl groups is 2. The Balaban J connectivity index is 2.04. The Labute approximate surface area is 119 Å². The molecule has 4 N–H and O–H groups in total. The fourth-order valence-corrected chi connectivity index (χ4v) is 1.64. The summed E-state index contributed by atoms with van der Waals surface area (Å²) in [6, 6.07) is 6.49. The maximum absolute atomic E-state index is 11.9. The minimum absolute atomic E-state index is 0.0508. The van der Waals surface area contributed by atoms with E-state index >= 15 is 0 Å². The standard InChI is InChI=1S/C14H12N2O5/c17-9-2-4-12(18)10(5-9)13(19)16-7-8-1-3-11(14(20)21)15-6-8/h1-6,17-18H,7H2,(H,16,19)(H,20,21). The maximum atomic E-state index is 11.9. The molecule has 0 bridgehead atoms. The molecule has 0 aliphatic rings. The first-order valence-corrected chi connectivity index (χ1v) is 5.96. The molecular weight excluding hydrogens is 276 g/mol. The topological polar surface area (TPSA) is 120 Å². The van der Waals surface area contributed by atoms with Crippen LogP contribution in [-0.2, 0) is 6.54 Å². The average Bonchev–Trinajstić information content (AvgIpc) is 2.47. The van der Waals surface area contributed by atoms with E-state index in [0.717, 1.165) is 6.07 Å². The van der Waals surface area contributed by atoms with Crippen LogP contribution >= 0.6 is 0 Å². The lowest BCUT2D eigenvalue weighted by atomic mass is 10.1. The number of phenolic OH excluding ortho intramolecular Hbond substituents is 2. The van der Waals surface area contributed by atoms with Gasteiger partial charge in [-0.3, -0.25) is 4.79 Å². The summed E-state index contributed by atoms with van der Waals surface area (Å²) in [4.78, 5) is 26.2. The van der Waals surface area contributed by atoms with Gasteiger partial charge in [0.2, 0.25) is 0 Å². The van der Waals surface area contributed by atoms with Gasteiger partial charge >= 0.3 is 5.97 Å². The molecule has 21 heavy (non-hydrogen) atoms. The van der Waals surface area contributed by atoms with Crippen LogP contribution in [-0.4, -0.2) is 32.2 Å². The highest BCUT2D eigenvalue weighted by molar-refractivity contribution is 5.97. The van der Waals surface area contributed by atoms with E-state index < -0.39 is 11.9 Å². The van der Waals surface area contributed by atoms with Crippen LogP contribution in [0.1, 0.15) is 26.4 Å². The number of aromatic carboxylic acids is 1. The zero-order valence-electron chi connectivity index (χ0n) is 10.8. The SMILES string of the molecule is O=C(O)c1ccc(CNC(=O)c2cc(O)ccc2O)cn1. The van der Waals surface area contributed by atoms with Crippen LogP contribution in [0.3, 0.4) is 0 Å². The van der Waals surface area contributed by atoms with Crippen LogP contribution in [0.4, 0.5) is 0 Å². The average molecular weight is 288 g/mol. The summed E-state index contributed by atoms with van der Waals surface area (Å²) in [6.45, 7) is 0.112. The number of carboxylic acids is 1. The van der Waals surface area contributed by atoms with Crippen LogP contribution in [0.5, 0.6) is 11.5 Å². The Morgan fingerprint density at radius 3 is 2.52 bits per heavy atom. The minimum atomic E-state index is -1.13. The molecule has 0 spiro atoms. The van der Waals surface area contributed by atoms with Crippen LogP contribution in [0, 0.1) is 0 Å². The van der Waals surface area contributed by atoms with Gasteiger partial charge in [-0.1, -0.05) is 6.07 Å². The van der Waals surface area contributed by atoms with Crippen molar-refractivity contribution in [2.24, 2.45) is 0 Å². The van der Waals surface area contributed by atoms with Gasteiger partial charge in [-0.2, -0.15) is 0 Å². The highest BCUT2D eigenvalue weighted by Gasteiger charge is 2.12. The third-order valence-corrected chi connectivity index (χ3v) is 2.72. The Morgan fingerprint density at radius 1 is 1.14 bits per heavy atom. The number of hydrogen-bond donors (Lipinski definition) is 4. The fourth-order valence-electron chi connectivity index (χ4n) is 1.64. The smallest absolute Gasteiger partial charge is 0.354 e. The van der Waals surface area contributed by atoms with Crippen LogP contribution in [0.15, 0.2) is 36.5 Å². The molecule has 1 aromatic heterocycles. The predicted molar refractivity (Wildman–Crippen MR) is 72.1 cm³/mol. The Kier molecular flexibility index (Phi) is 4.03. The molecule has 0 aliphatic heterocycles. The van der Waals surface area contributed by atoms with E-state index in [1.165, 1.54) is 30.5 Å². The van der Waals surface area contributed by atoms with E-state index in [2.05, 4.69) is 10.3 Å². The van der Waals surface area contributed by atoms with Gasteiger partial charge in [-0.25, -0.2) is 9.78 Å². The number of carbonyl (C=O) groups excluding carboxylic acids is 1. The number of rotatable bonds is 4. The van der Waals surface area contributed by atoms with Gasteiger partial charge in [-0.05, 0) is 29.8 Å². The number of aromatic nitrogens is 1. The lowest BCUT2D eigenvalue weighted by molar-refractivity contribution is 0.0690. The summed E-state index contributed by atoms with van der Waals surface area (Å²) >= 11 is 0. The van der Waals surface area contributed by atoms with Gasteiger partial charge in [0.25, 0.3) is 5.91 Å². The van der Waals surface area contributed by atoms with Crippen molar-refractivity contribution in [3.8, 4) is 11.5 Å². The molecule has 2 aromatic rings. The number of phenols is 2. The molecule has 0 atom stereocenters. The van der Waals surface area contributed by atoms with Crippen molar-refractivity contribution < 1.29 is 24.9 Å². The van der Waals surface area contributed by atoms with Crippen molar-refractivity contribution in [1.82, 2.24) is 10.3 Å². The number of nitrogens with one attached hydrogen (secondary N) is 1. The number of carbonyl (C=O) groups is 2. The lowest BCUT2D eigenvalue weighted by Crippen LogP contribution is -2.23. The Bertz CT molecular complexity index is 682. The monoisotopic (exact) mass is 288 g/mol. The maximum Gasteiger partial charge on any atom is 0.354 e. The molecule has 0 unspecified atom stereocenters. The van der Waals surface area contributed by atoms with Crippen molar-refractivity contribution in [1.29, 1.82) is 0 Å². The third-order valence-electron chi connectivity index (χ3n) is 2.72. The lowest BCUT2D eigenvalue weighted by Gasteiger charge is -2.07. The summed E-state index contributed by atoms with van der Waals surface area (Å²) < 4.78 is 0. The van der Waals surface area contributed by atoms with E-state index in [9.17, 15) is 19.8 Å². The largest absolute Gasteiger partial charge is 0.508 e. The fraction of sp³-hybridized carbons (Fsp3) is 0.0714. The molecule has 0 fully saturated rings. The van der Waals surface area contributed by atoms with Gasteiger partial charge in [0.1, 0.15) is 17.2 Å². The molecular formula is C14H12N2O5. The first-order chi connectivity index (χ1) is 9.97. The molecule has 1 heterocycles. The van der Waals surface area contributed by atoms with Gasteiger partial charge in [0.15, 0.2) is 0 Å². The number of nitrogens with zero attached hydrogens (tertiary/aromatic N) is 1. The van der Waals surface area contributed by atoms with E-state index in [-0.39, 0.29) is 29.3 Å². The van der Waals surface area contributed by atoms with Crippen LogP contribution in [0.25, 0.3) is 0 Å². The van der Waals surface area contributed by atoms with Crippen molar-refractivity contribution >= 4 is 11.9 Å². The summed E-state index contributed by atoms with van der Waals surface area (Å²) in [5, 5.41) is 30.1. The molecule has 1 aromatic carbocycles. The number of hydrogen-bond acceptors (Lipinski definition) is 5. The Morgan fingerprint density at radius 2 is 1.90 bits per heavy atom. The second-order valence-corrected chi connectivity index (χ2v) is 4.24. The Hall–Kier alpha value is -3.09. The second-order valence-electron chi connectivity index (χ2n) is 4.24. The second kappa shape index (κ2) is 5.91. The normalized spacial score (nSPS) is 10.1. The van der Waals surface area contributed by atoms with Gasteiger partial charge < -0.3 is 20.6 Å². The van der Waals surface area contributed by atoms with Gasteiger partial charge in [-0.15, -0.1) is 0 Å². The predicted octanol–water partition coefficient (Wildman–Crippen LogP) is 1.12. The third kappa shape index (κ3) is 3.47. The van der Waals surface area contributed by atoms with E-state index in [4.69, 9.17) is 5.11 Å². The molecule has 7 nitrogen and oxygen atoms in total. The van der Waals surface area contributed by atoms with Crippen LogP contribution in [0.2, 0.25) is 0 Å². The number of amides is 1. The molecule has 1 amide bonds. The van der Waals surface area contributed by atoms with Crippen LogP contribution < -0.4 is 5.32 Å². The van der Waals surface area contributed by atoms with Crippen molar-refractivity contribution in [3.05, 3.63) is 53.3 Å². The molecule has 2 rings (SSSR count). The quantitative estimate of drug-likeness (QED) is 0.626. The zero-order chi connectivity index (χ0) is 15.4. The van der Waals surface area contributed by atoms with Gasteiger partial charge in [0.05, 0.1) is 5.56 Å². The first kappa shape index (κ1) is 14.3. The van der Waals surface area contributed by atoms with Crippen molar-refractivity contribution in [2.45, 2.75) is 6.54 Å². The summed E-state index contributed by atoms with van der Waals surface area (Å²) in [5.74, 6) is -2.07. The highest BCUT2D eigenvalue weighted by atomic mass is 16.4.